The van der Waals surface area contributed by atoms with Crippen LogP contribution in [0.1, 0.15) is 40.7 Å². The molecule has 0 aliphatic heterocycles. The highest BCUT2D eigenvalue weighted by atomic mass is 32.2. The maximum atomic E-state index is 12.5. The summed E-state index contributed by atoms with van der Waals surface area (Å²) in [5.41, 5.74) is 3.82. The molecule has 0 spiro atoms. The zero-order valence-electron chi connectivity index (χ0n) is 19.5. The number of sulfonamides is 1. The summed E-state index contributed by atoms with van der Waals surface area (Å²) < 4.78 is 29.5. The van der Waals surface area contributed by atoms with Gasteiger partial charge in [0.15, 0.2) is 0 Å². The van der Waals surface area contributed by atoms with E-state index in [0.29, 0.717) is 17.8 Å². The summed E-state index contributed by atoms with van der Waals surface area (Å²) in [5.74, 6) is -0.412. The summed E-state index contributed by atoms with van der Waals surface area (Å²) in [4.78, 5) is 23.5. The van der Waals surface area contributed by atoms with E-state index in [1.165, 1.54) is 31.2 Å². The van der Waals surface area contributed by atoms with Crippen LogP contribution in [0.25, 0.3) is 0 Å². The summed E-state index contributed by atoms with van der Waals surface area (Å²) in [5, 5.41) is 9.89. The van der Waals surface area contributed by atoms with Crippen LogP contribution >= 0.6 is 0 Å². The number of aromatic nitrogens is 2. The van der Waals surface area contributed by atoms with Gasteiger partial charge in [0, 0.05) is 43.5 Å². The van der Waals surface area contributed by atoms with Gasteiger partial charge in [-0.3, -0.25) is 14.3 Å². The molecule has 1 aromatic heterocycles. The van der Waals surface area contributed by atoms with Crippen LogP contribution in [-0.2, 0) is 27.9 Å². The number of benzene rings is 2. The van der Waals surface area contributed by atoms with Crippen molar-refractivity contribution in [3.05, 3.63) is 77.1 Å². The molecule has 9 nitrogen and oxygen atoms in total. The molecular formula is C24H29N5O4S. The van der Waals surface area contributed by atoms with Crippen molar-refractivity contribution in [1.82, 2.24) is 19.8 Å². The minimum absolute atomic E-state index is 0.0836. The fourth-order valence-electron chi connectivity index (χ4n) is 3.39. The molecule has 3 aromatic rings. The normalized spacial score (nSPS) is 11.3. The smallest absolute Gasteiger partial charge is 0.251 e. The lowest BCUT2D eigenvalue weighted by atomic mass is 10.1. The summed E-state index contributed by atoms with van der Waals surface area (Å²) >= 11 is 0. The molecule has 0 atom stereocenters. The van der Waals surface area contributed by atoms with Gasteiger partial charge >= 0.3 is 0 Å². The number of rotatable bonds is 10. The molecule has 0 radical (unpaired) electrons. The topological polar surface area (TPSA) is 122 Å². The number of carbonyl (C=O) groups excluding carboxylic acids is 2. The number of hydrogen-bond donors (Lipinski definition) is 3. The molecular weight excluding hydrogens is 454 g/mol. The van der Waals surface area contributed by atoms with E-state index in [1.54, 1.807) is 24.3 Å². The molecule has 0 saturated carbocycles. The first-order valence-electron chi connectivity index (χ1n) is 10.9. The Labute approximate surface area is 199 Å². The summed E-state index contributed by atoms with van der Waals surface area (Å²) in [7, 11) is -3.72. The second kappa shape index (κ2) is 11.1. The molecule has 2 aromatic carbocycles. The first-order chi connectivity index (χ1) is 16.1. The predicted molar refractivity (Wildman–Crippen MR) is 130 cm³/mol. The number of aryl methyl sites for hydroxylation is 3. The molecule has 2 amide bonds. The summed E-state index contributed by atoms with van der Waals surface area (Å²) in [6.45, 7) is 6.68. The van der Waals surface area contributed by atoms with Gasteiger partial charge in [-0.15, -0.1) is 0 Å². The third-order valence-electron chi connectivity index (χ3n) is 5.10. The number of nitrogens with zero attached hydrogens (tertiary/aromatic N) is 2. The number of carbonyl (C=O) groups is 2. The Morgan fingerprint density at radius 3 is 2.26 bits per heavy atom. The van der Waals surface area contributed by atoms with Crippen molar-refractivity contribution in [1.29, 1.82) is 0 Å². The largest absolute Gasteiger partial charge is 0.352 e. The van der Waals surface area contributed by atoms with Gasteiger partial charge in [-0.1, -0.05) is 12.1 Å². The first-order valence-corrected chi connectivity index (χ1v) is 12.4. The number of nitrogens with one attached hydrogen (secondary N) is 3. The van der Waals surface area contributed by atoms with Crippen LogP contribution < -0.4 is 15.4 Å². The molecule has 0 aliphatic rings. The van der Waals surface area contributed by atoms with Gasteiger partial charge in [-0.05, 0) is 68.3 Å². The van der Waals surface area contributed by atoms with Crippen LogP contribution in [0.2, 0.25) is 0 Å². The molecule has 3 rings (SSSR count). The molecule has 3 N–H and O–H groups in total. The maximum absolute atomic E-state index is 12.5. The fraction of sp³-hybridized carbons (Fsp3) is 0.292. The third-order valence-corrected chi connectivity index (χ3v) is 6.52. The maximum Gasteiger partial charge on any atom is 0.251 e. The average molecular weight is 484 g/mol. The highest BCUT2D eigenvalue weighted by molar-refractivity contribution is 7.89. The lowest BCUT2D eigenvalue weighted by Gasteiger charge is -2.09. The van der Waals surface area contributed by atoms with E-state index in [2.05, 4.69) is 20.5 Å². The van der Waals surface area contributed by atoms with Gasteiger partial charge in [-0.25, -0.2) is 13.1 Å². The minimum Gasteiger partial charge on any atom is -0.352 e. The molecule has 1 heterocycles. The van der Waals surface area contributed by atoms with E-state index in [4.69, 9.17) is 0 Å². The number of anilines is 1. The van der Waals surface area contributed by atoms with Crippen molar-refractivity contribution < 1.29 is 18.0 Å². The zero-order valence-corrected chi connectivity index (χ0v) is 20.3. The third kappa shape index (κ3) is 7.00. The molecule has 34 heavy (non-hydrogen) atoms. The van der Waals surface area contributed by atoms with Crippen molar-refractivity contribution >= 4 is 27.5 Å². The average Bonchev–Trinajstić information content (AvgIpc) is 3.12. The Hall–Kier alpha value is -3.50. The van der Waals surface area contributed by atoms with E-state index < -0.39 is 10.0 Å². The fourth-order valence-corrected chi connectivity index (χ4v) is 4.41. The van der Waals surface area contributed by atoms with E-state index >= 15 is 0 Å². The number of hydrogen-bond acceptors (Lipinski definition) is 5. The molecule has 0 saturated heterocycles. The van der Waals surface area contributed by atoms with Crippen LogP contribution in [0.4, 0.5) is 5.69 Å². The highest BCUT2D eigenvalue weighted by Gasteiger charge is 2.14. The van der Waals surface area contributed by atoms with Crippen LogP contribution in [0.5, 0.6) is 0 Å². The van der Waals surface area contributed by atoms with Gasteiger partial charge < -0.3 is 10.6 Å². The van der Waals surface area contributed by atoms with Gasteiger partial charge in [-0.2, -0.15) is 5.10 Å². The van der Waals surface area contributed by atoms with Crippen molar-refractivity contribution in [2.45, 2.75) is 45.2 Å². The minimum atomic E-state index is -3.72. The lowest BCUT2D eigenvalue weighted by Crippen LogP contribution is -2.26. The van der Waals surface area contributed by atoms with E-state index in [1.807, 2.05) is 24.6 Å². The van der Waals surface area contributed by atoms with Crippen LogP contribution in [0.15, 0.2) is 59.5 Å². The second-order valence-electron chi connectivity index (χ2n) is 7.99. The first kappa shape index (κ1) is 25.1. The summed E-state index contributed by atoms with van der Waals surface area (Å²) in [6, 6.07) is 14.7. The Kier molecular flexibility index (Phi) is 8.19. The van der Waals surface area contributed by atoms with Gasteiger partial charge in [0.05, 0.1) is 10.6 Å². The molecule has 10 heteroatoms. The van der Waals surface area contributed by atoms with Gasteiger partial charge in [0.1, 0.15) is 0 Å². The predicted octanol–water partition coefficient (Wildman–Crippen LogP) is 2.76. The van der Waals surface area contributed by atoms with Gasteiger partial charge in [0.2, 0.25) is 15.9 Å². The van der Waals surface area contributed by atoms with Crippen LogP contribution in [0, 0.1) is 13.8 Å². The SMILES string of the molecule is CC(=O)Nc1ccc(S(=O)(=O)NCc2ccc(C(=O)NCCCn3nc(C)cc3C)cc2)cc1. The zero-order chi connectivity index (χ0) is 24.7. The Bertz CT molecular complexity index is 1250. The second-order valence-corrected chi connectivity index (χ2v) is 9.75. The van der Waals surface area contributed by atoms with Crippen molar-refractivity contribution in [2.24, 2.45) is 0 Å². The molecule has 0 fully saturated rings. The van der Waals surface area contributed by atoms with Crippen molar-refractivity contribution in [3.8, 4) is 0 Å². The standard InChI is InChI=1S/C24H29N5O4S/c1-17-15-18(2)29(28-17)14-4-13-25-24(31)21-7-5-20(6-8-21)16-26-34(32,33)23-11-9-22(10-12-23)27-19(3)30/h5-12,15,26H,4,13-14,16H2,1-3H3,(H,25,31)(H,27,30). The van der Waals surface area contributed by atoms with Crippen molar-refractivity contribution in [2.75, 3.05) is 11.9 Å². The Balaban J connectivity index is 1.47. The van der Waals surface area contributed by atoms with E-state index in [0.717, 1.165) is 29.9 Å². The van der Waals surface area contributed by atoms with E-state index in [-0.39, 0.29) is 23.3 Å². The summed E-state index contributed by atoms with van der Waals surface area (Å²) in [6.07, 6.45) is 0.763. The van der Waals surface area contributed by atoms with Gasteiger partial charge in [0.25, 0.3) is 5.91 Å². The number of amides is 2. The Morgan fingerprint density at radius 1 is 1.00 bits per heavy atom. The molecule has 0 bridgehead atoms. The lowest BCUT2D eigenvalue weighted by molar-refractivity contribution is -0.114. The van der Waals surface area contributed by atoms with Crippen molar-refractivity contribution in [3.63, 3.8) is 0 Å². The molecule has 180 valence electrons. The quantitative estimate of drug-likeness (QED) is 0.383. The molecule has 0 unspecified atom stereocenters. The monoisotopic (exact) mass is 483 g/mol. The highest BCUT2D eigenvalue weighted by Crippen LogP contribution is 2.15. The van der Waals surface area contributed by atoms with Crippen LogP contribution in [-0.4, -0.2) is 36.6 Å². The molecule has 0 aliphatic carbocycles. The Morgan fingerprint density at radius 2 is 1.68 bits per heavy atom. The van der Waals surface area contributed by atoms with Crippen LogP contribution in [0.3, 0.4) is 0 Å². The van der Waals surface area contributed by atoms with E-state index in [9.17, 15) is 18.0 Å².